The predicted molar refractivity (Wildman–Crippen MR) is 41.9 cm³/mol. The number of halogens is 3. The minimum Gasteiger partial charge on any atom is -0.428 e. The first-order valence-corrected chi connectivity index (χ1v) is 3.71. The van der Waals surface area contributed by atoms with E-state index >= 15 is 0 Å². The zero-order chi connectivity index (χ0) is 10.3. The lowest BCUT2D eigenvalue weighted by atomic mass is 10.2. The molecule has 2 heterocycles. The number of hydrogen-bond donors (Lipinski definition) is 1. The maximum atomic E-state index is 12.4. The highest BCUT2D eigenvalue weighted by atomic mass is 19.4. The molecule has 3 nitrogen and oxygen atoms in total. The van der Waals surface area contributed by atoms with E-state index in [-0.39, 0.29) is 10.9 Å². The van der Waals surface area contributed by atoms with Crippen LogP contribution in [0.3, 0.4) is 0 Å². The van der Waals surface area contributed by atoms with Crippen molar-refractivity contribution in [3.05, 3.63) is 30.2 Å². The van der Waals surface area contributed by atoms with Crippen molar-refractivity contribution in [2.24, 2.45) is 0 Å². The summed E-state index contributed by atoms with van der Waals surface area (Å²) < 4.78 is 37.6. The van der Waals surface area contributed by atoms with Gasteiger partial charge in [0.1, 0.15) is 5.52 Å². The Balaban J connectivity index is 2.80. The Morgan fingerprint density at radius 1 is 1.36 bits per heavy atom. The number of hydrogen-bond acceptors (Lipinski definition) is 2. The summed E-state index contributed by atoms with van der Waals surface area (Å²) in [5.74, 6) is 0. The molecule has 0 aliphatic carbocycles. The molecule has 2 rings (SSSR count). The minimum absolute atomic E-state index is 0.0415. The first kappa shape index (κ1) is 8.86. The van der Waals surface area contributed by atoms with Gasteiger partial charge in [0.2, 0.25) is 0 Å². The molecule has 0 radical (unpaired) electrons. The molecule has 0 saturated heterocycles. The fourth-order valence-electron chi connectivity index (χ4n) is 1.28. The first-order chi connectivity index (χ1) is 6.50. The Kier molecular flexibility index (Phi) is 1.67. The summed E-state index contributed by atoms with van der Waals surface area (Å²) in [6, 6.07) is 1.21. The van der Waals surface area contributed by atoms with Crippen LogP contribution < -0.4 is 0 Å². The summed E-state index contributed by atoms with van der Waals surface area (Å²) in [4.78, 5) is 3.62. The van der Waals surface area contributed by atoms with Crippen LogP contribution in [0.1, 0.15) is 5.56 Å². The summed E-state index contributed by atoms with van der Waals surface area (Å²) >= 11 is 0. The molecule has 0 bridgehead atoms. The lowest BCUT2D eigenvalue weighted by molar-refractivity contribution is -0.136. The standard InChI is InChI=1S/C8H5F3N2O/c9-8(10,11)6-4-13(14)7-3-12-2-1-5(6)7/h1-4,14H. The largest absolute Gasteiger partial charge is 0.428 e. The molecular formula is C8H5F3N2O. The zero-order valence-electron chi connectivity index (χ0n) is 6.78. The van der Waals surface area contributed by atoms with Crippen molar-refractivity contribution in [2.75, 3.05) is 0 Å². The van der Waals surface area contributed by atoms with E-state index in [1.54, 1.807) is 0 Å². The molecule has 14 heavy (non-hydrogen) atoms. The summed E-state index contributed by atoms with van der Waals surface area (Å²) in [5, 5.41) is 9.07. The maximum absolute atomic E-state index is 12.4. The second-order valence-electron chi connectivity index (χ2n) is 2.78. The van der Waals surface area contributed by atoms with Gasteiger partial charge in [-0.15, -0.1) is 0 Å². The van der Waals surface area contributed by atoms with Crippen LogP contribution in [-0.4, -0.2) is 14.9 Å². The number of rotatable bonds is 0. The van der Waals surface area contributed by atoms with Gasteiger partial charge >= 0.3 is 6.18 Å². The molecule has 0 spiro atoms. The summed E-state index contributed by atoms with van der Waals surface area (Å²) in [6.07, 6.45) is -1.41. The van der Waals surface area contributed by atoms with Gasteiger partial charge in [-0.3, -0.25) is 4.98 Å². The van der Waals surface area contributed by atoms with Gasteiger partial charge in [-0.1, -0.05) is 0 Å². The predicted octanol–water partition coefficient (Wildman–Crippen LogP) is 2.29. The lowest BCUT2D eigenvalue weighted by Gasteiger charge is -2.02. The van der Waals surface area contributed by atoms with Crippen molar-refractivity contribution in [3.8, 4) is 0 Å². The van der Waals surface area contributed by atoms with Gasteiger partial charge in [-0.2, -0.15) is 17.9 Å². The minimum atomic E-state index is -4.46. The van der Waals surface area contributed by atoms with Crippen LogP contribution >= 0.6 is 0 Å². The average Bonchev–Trinajstić information content (AvgIpc) is 2.44. The van der Waals surface area contributed by atoms with Gasteiger partial charge in [0.05, 0.1) is 18.0 Å². The second kappa shape index (κ2) is 2.63. The van der Waals surface area contributed by atoms with E-state index in [4.69, 9.17) is 5.21 Å². The highest BCUT2D eigenvalue weighted by molar-refractivity contribution is 5.83. The molecule has 0 saturated carbocycles. The Morgan fingerprint density at radius 2 is 2.07 bits per heavy atom. The van der Waals surface area contributed by atoms with E-state index < -0.39 is 11.7 Å². The number of aromatic nitrogens is 2. The number of fused-ring (bicyclic) bond motifs is 1. The van der Waals surface area contributed by atoms with E-state index in [1.165, 1.54) is 18.5 Å². The van der Waals surface area contributed by atoms with Gasteiger partial charge in [0.25, 0.3) is 0 Å². The molecule has 2 aromatic heterocycles. The van der Waals surface area contributed by atoms with Gasteiger partial charge < -0.3 is 5.21 Å². The van der Waals surface area contributed by atoms with Gasteiger partial charge in [-0.05, 0) is 6.07 Å². The Bertz CT molecular complexity index is 475. The van der Waals surface area contributed by atoms with E-state index in [2.05, 4.69) is 4.98 Å². The van der Waals surface area contributed by atoms with Crippen LogP contribution in [-0.2, 0) is 6.18 Å². The van der Waals surface area contributed by atoms with Crippen LogP contribution in [0.5, 0.6) is 0 Å². The van der Waals surface area contributed by atoms with Crippen LogP contribution in [0.4, 0.5) is 13.2 Å². The van der Waals surface area contributed by atoms with Crippen LogP contribution in [0.2, 0.25) is 0 Å². The highest BCUT2D eigenvalue weighted by Gasteiger charge is 2.34. The SMILES string of the molecule is On1cc(C(F)(F)F)c2ccncc21. The first-order valence-electron chi connectivity index (χ1n) is 3.71. The lowest BCUT2D eigenvalue weighted by Crippen LogP contribution is -2.03. The van der Waals surface area contributed by atoms with Gasteiger partial charge in [0.15, 0.2) is 0 Å². The van der Waals surface area contributed by atoms with Gasteiger partial charge in [-0.25, -0.2) is 0 Å². The van der Waals surface area contributed by atoms with Crippen LogP contribution in [0.25, 0.3) is 10.9 Å². The zero-order valence-corrected chi connectivity index (χ0v) is 6.78. The van der Waals surface area contributed by atoms with E-state index in [0.29, 0.717) is 10.9 Å². The Hall–Kier alpha value is -1.72. The number of pyridine rings is 1. The molecule has 0 unspecified atom stereocenters. The molecule has 1 N–H and O–H groups in total. The molecule has 0 aliphatic heterocycles. The van der Waals surface area contributed by atoms with Crippen molar-refractivity contribution >= 4 is 10.9 Å². The monoisotopic (exact) mass is 202 g/mol. The quantitative estimate of drug-likeness (QED) is 0.665. The van der Waals surface area contributed by atoms with Crippen molar-refractivity contribution in [3.63, 3.8) is 0 Å². The van der Waals surface area contributed by atoms with Crippen LogP contribution in [0.15, 0.2) is 24.7 Å². The average molecular weight is 202 g/mol. The third kappa shape index (κ3) is 1.19. The molecule has 0 fully saturated rings. The fourth-order valence-corrected chi connectivity index (χ4v) is 1.28. The summed E-state index contributed by atoms with van der Waals surface area (Å²) in [5.41, 5.74) is -0.822. The summed E-state index contributed by atoms with van der Waals surface area (Å²) in [7, 11) is 0. The van der Waals surface area contributed by atoms with Crippen molar-refractivity contribution in [2.45, 2.75) is 6.18 Å². The normalized spacial score (nSPS) is 12.2. The third-order valence-electron chi connectivity index (χ3n) is 1.89. The third-order valence-corrected chi connectivity index (χ3v) is 1.89. The van der Waals surface area contributed by atoms with E-state index in [9.17, 15) is 13.2 Å². The van der Waals surface area contributed by atoms with Crippen molar-refractivity contribution in [1.29, 1.82) is 0 Å². The molecular weight excluding hydrogens is 197 g/mol. The summed E-state index contributed by atoms with van der Waals surface area (Å²) in [6.45, 7) is 0. The van der Waals surface area contributed by atoms with Crippen LogP contribution in [0, 0.1) is 0 Å². The van der Waals surface area contributed by atoms with Gasteiger partial charge in [0, 0.05) is 11.6 Å². The Labute approximate surface area is 76.4 Å². The second-order valence-corrected chi connectivity index (χ2v) is 2.78. The van der Waals surface area contributed by atoms with Crippen molar-refractivity contribution in [1.82, 2.24) is 9.71 Å². The molecule has 0 amide bonds. The molecule has 0 aromatic carbocycles. The van der Waals surface area contributed by atoms with E-state index in [0.717, 1.165) is 0 Å². The molecule has 0 atom stereocenters. The molecule has 6 heteroatoms. The molecule has 0 aliphatic rings. The highest BCUT2D eigenvalue weighted by Crippen LogP contribution is 2.35. The fraction of sp³-hybridized carbons (Fsp3) is 0.125. The number of nitrogens with zero attached hydrogens (tertiary/aromatic N) is 2. The van der Waals surface area contributed by atoms with Crippen molar-refractivity contribution < 1.29 is 18.4 Å². The maximum Gasteiger partial charge on any atom is 0.418 e. The molecule has 74 valence electrons. The topological polar surface area (TPSA) is 38.0 Å². The Morgan fingerprint density at radius 3 is 2.71 bits per heavy atom. The molecule has 2 aromatic rings. The smallest absolute Gasteiger partial charge is 0.418 e. The van der Waals surface area contributed by atoms with E-state index in [1.807, 2.05) is 0 Å². The number of alkyl halides is 3.